The number of ether oxygens (including phenoxy) is 3. The number of methoxy groups -OCH3 is 3. The van der Waals surface area contributed by atoms with Crippen LogP contribution >= 0.6 is 0 Å². The molecule has 0 aliphatic carbocycles. The maximum Gasteiger partial charge on any atom is 0.354 e. The van der Waals surface area contributed by atoms with Crippen molar-refractivity contribution in [1.29, 1.82) is 0 Å². The molecular weight excluding hydrogens is 340 g/mol. The highest BCUT2D eigenvalue weighted by Gasteiger charge is 2.22. The summed E-state index contributed by atoms with van der Waals surface area (Å²) < 4.78 is 14.4. The van der Waals surface area contributed by atoms with Crippen molar-refractivity contribution < 1.29 is 28.6 Å². The van der Waals surface area contributed by atoms with Crippen LogP contribution < -0.4 is 15.4 Å². The van der Waals surface area contributed by atoms with E-state index in [0.717, 1.165) is 6.08 Å². The molecule has 142 valence electrons. The lowest BCUT2D eigenvalue weighted by Crippen LogP contribution is -2.27. The van der Waals surface area contributed by atoms with E-state index in [4.69, 9.17) is 4.74 Å². The van der Waals surface area contributed by atoms with Crippen LogP contribution in [0.5, 0.6) is 5.75 Å². The third-order valence-corrected chi connectivity index (χ3v) is 3.28. The highest BCUT2D eigenvalue weighted by atomic mass is 16.5. The summed E-state index contributed by atoms with van der Waals surface area (Å²) in [6, 6.07) is 4.82. The van der Waals surface area contributed by atoms with Gasteiger partial charge in [-0.25, -0.2) is 9.59 Å². The first-order valence-electron chi connectivity index (χ1n) is 7.76. The molecule has 2 N–H and O–H groups in total. The van der Waals surface area contributed by atoms with Gasteiger partial charge in [0, 0.05) is 17.2 Å². The summed E-state index contributed by atoms with van der Waals surface area (Å²) in [5.41, 5.74) is 0.266. The van der Waals surface area contributed by atoms with Crippen molar-refractivity contribution in [3.63, 3.8) is 0 Å². The van der Waals surface area contributed by atoms with Crippen molar-refractivity contribution in [2.45, 2.75) is 20.8 Å². The Hall–Kier alpha value is -3.03. The number of carbonyl (C=O) groups excluding carboxylic acids is 3. The van der Waals surface area contributed by atoms with Crippen LogP contribution in [0.15, 0.2) is 30.0 Å². The first-order valence-corrected chi connectivity index (χ1v) is 7.76. The summed E-state index contributed by atoms with van der Waals surface area (Å²) in [5, 5.41) is 5.56. The van der Waals surface area contributed by atoms with Gasteiger partial charge < -0.3 is 24.8 Å². The minimum atomic E-state index is -0.737. The standard InChI is InChI=1S/C18H24N2O6/c1-18(2,3)17(23)20-12-8-7-11(9-14(12)24-4)19-13(16(22)26-6)10-15(21)25-5/h7-10,19H,1-6H3,(H,20,23)/b13-10+. The summed E-state index contributed by atoms with van der Waals surface area (Å²) in [7, 11) is 3.85. The topological polar surface area (TPSA) is 103 Å². The Morgan fingerprint density at radius 1 is 1.00 bits per heavy atom. The number of amides is 1. The third-order valence-electron chi connectivity index (χ3n) is 3.28. The quantitative estimate of drug-likeness (QED) is 0.590. The SMILES string of the molecule is COC(=O)/C=C(/Nc1ccc(NC(=O)C(C)(C)C)c(OC)c1)C(=O)OC. The molecule has 8 nitrogen and oxygen atoms in total. The van der Waals surface area contributed by atoms with Crippen LogP contribution in [0.1, 0.15) is 20.8 Å². The molecule has 0 unspecified atom stereocenters. The number of anilines is 2. The van der Waals surface area contributed by atoms with Gasteiger partial charge in [-0.1, -0.05) is 20.8 Å². The van der Waals surface area contributed by atoms with E-state index < -0.39 is 17.4 Å². The minimum absolute atomic E-state index is 0.104. The van der Waals surface area contributed by atoms with E-state index >= 15 is 0 Å². The lowest BCUT2D eigenvalue weighted by atomic mass is 9.95. The van der Waals surface area contributed by atoms with Gasteiger partial charge in [0.15, 0.2) is 0 Å². The van der Waals surface area contributed by atoms with Gasteiger partial charge in [-0.3, -0.25) is 4.79 Å². The minimum Gasteiger partial charge on any atom is -0.494 e. The van der Waals surface area contributed by atoms with Crippen molar-refractivity contribution in [2.24, 2.45) is 5.41 Å². The highest BCUT2D eigenvalue weighted by molar-refractivity contribution is 5.99. The highest BCUT2D eigenvalue weighted by Crippen LogP contribution is 2.30. The van der Waals surface area contributed by atoms with Crippen LogP contribution in [-0.4, -0.2) is 39.2 Å². The normalized spacial score (nSPS) is 11.4. The van der Waals surface area contributed by atoms with Crippen molar-refractivity contribution in [2.75, 3.05) is 32.0 Å². The molecule has 1 rings (SSSR count). The van der Waals surface area contributed by atoms with E-state index in [1.54, 1.807) is 39.0 Å². The molecule has 0 saturated carbocycles. The van der Waals surface area contributed by atoms with E-state index in [2.05, 4.69) is 20.1 Å². The van der Waals surface area contributed by atoms with Gasteiger partial charge in [-0.2, -0.15) is 0 Å². The molecule has 0 aliphatic rings. The van der Waals surface area contributed by atoms with Crippen LogP contribution in [0.25, 0.3) is 0 Å². The van der Waals surface area contributed by atoms with E-state index in [-0.39, 0.29) is 11.6 Å². The Morgan fingerprint density at radius 2 is 1.65 bits per heavy atom. The molecule has 26 heavy (non-hydrogen) atoms. The van der Waals surface area contributed by atoms with Crippen LogP contribution in [0, 0.1) is 5.41 Å². The maximum atomic E-state index is 12.1. The summed E-state index contributed by atoms with van der Waals surface area (Å²) in [4.78, 5) is 35.3. The number of carbonyl (C=O) groups is 3. The van der Waals surface area contributed by atoms with E-state index in [1.807, 2.05) is 0 Å². The molecule has 0 spiro atoms. The molecule has 0 fully saturated rings. The number of nitrogens with one attached hydrogen (secondary N) is 2. The zero-order valence-corrected chi connectivity index (χ0v) is 15.8. The first kappa shape index (κ1) is 21.0. The van der Waals surface area contributed by atoms with Crippen LogP contribution in [0.2, 0.25) is 0 Å². The summed E-state index contributed by atoms with van der Waals surface area (Å²) >= 11 is 0. The van der Waals surface area contributed by atoms with Crippen molar-refractivity contribution in [3.05, 3.63) is 30.0 Å². The van der Waals surface area contributed by atoms with E-state index in [1.165, 1.54) is 21.3 Å². The molecule has 1 amide bonds. The summed E-state index contributed by atoms with van der Waals surface area (Å²) in [6.07, 6.45) is 0.980. The average molecular weight is 364 g/mol. The molecular formula is C18H24N2O6. The monoisotopic (exact) mass is 364 g/mol. The smallest absolute Gasteiger partial charge is 0.354 e. The summed E-state index contributed by atoms with van der Waals surface area (Å²) in [6.45, 7) is 5.39. The number of esters is 2. The van der Waals surface area contributed by atoms with Crippen LogP contribution in [-0.2, 0) is 23.9 Å². The fourth-order valence-electron chi connectivity index (χ4n) is 1.77. The van der Waals surface area contributed by atoms with Gasteiger partial charge in [-0.15, -0.1) is 0 Å². The second-order valence-electron chi connectivity index (χ2n) is 6.32. The largest absolute Gasteiger partial charge is 0.494 e. The van der Waals surface area contributed by atoms with Gasteiger partial charge in [-0.05, 0) is 12.1 Å². The Labute approximate surface area is 152 Å². The van der Waals surface area contributed by atoms with E-state index in [0.29, 0.717) is 17.1 Å². The lowest BCUT2D eigenvalue weighted by molar-refractivity contribution is -0.138. The molecule has 0 aromatic heterocycles. The number of rotatable bonds is 6. The van der Waals surface area contributed by atoms with Crippen molar-refractivity contribution in [1.82, 2.24) is 0 Å². The molecule has 0 atom stereocenters. The molecule has 0 radical (unpaired) electrons. The molecule has 0 bridgehead atoms. The van der Waals surface area contributed by atoms with Gasteiger partial charge in [0.1, 0.15) is 11.4 Å². The second-order valence-corrected chi connectivity index (χ2v) is 6.32. The first-order chi connectivity index (χ1) is 12.1. The molecule has 1 aromatic carbocycles. The van der Waals surface area contributed by atoms with Crippen molar-refractivity contribution in [3.8, 4) is 5.75 Å². The van der Waals surface area contributed by atoms with Gasteiger partial charge in [0.05, 0.1) is 33.1 Å². The predicted molar refractivity (Wildman–Crippen MR) is 96.8 cm³/mol. The Morgan fingerprint density at radius 3 is 2.15 bits per heavy atom. The maximum absolute atomic E-state index is 12.1. The zero-order valence-electron chi connectivity index (χ0n) is 15.8. The van der Waals surface area contributed by atoms with Crippen LogP contribution in [0.4, 0.5) is 11.4 Å². The summed E-state index contributed by atoms with van der Waals surface area (Å²) in [5.74, 6) is -1.23. The van der Waals surface area contributed by atoms with E-state index in [9.17, 15) is 14.4 Å². The average Bonchev–Trinajstić information content (AvgIpc) is 2.60. The lowest BCUT2D eigenvalue weighted by Gasteiger charge is -2.19. The van der Waals surface area contributed by atoms with Crippen molar-refractivity contribution >= 4 is 29.2 Å². The fraction of sp³-hybridized carbons (Fsp3) is 0.389. The predicted octanol–water partition coefficient (Wildman–Crippen LogP) is 2.32. The van der Waals surface area contributed by atoms with Gasteiger partial charge >= 0.3 is 11.9 Å². The van der Waals surface area contributed by atoms with Crippen LogP contribution in [0.3, 0.4) is 0 Å². The Kier molecular flexibility index (Phi) is 7.18. The second kappa shape index (κ2) is 8.89. The third kappa shape index (κ3) is 5.80. The molecule has 0 saturated heterocycles. The van der Waals surface area contributed by atoms with Gasteiger partial charge in [0.2, 0.25) is 5.91 Å². The fourth-order valence-corrected chi connectivity index (χ4v) is 1.77. The zero-order chi connectivity index (χ0) is 19.9. The Bertz CT molecular complexity index is 719. The van der Waals surface area contributed by atoms with Gasteiger partial charge in [0.25, 0.3) is 0 Å². The number of hydrogen-bond donors (Lipinski definition) is 2. The number of hydrogen-bond acceptors (Lipinski definition) is 7. The number of benzene rings is 1. The Balaban J connectivity index is 3.11. The molecule has 0 heterocycles. The molecule has 8 heteroatoms. The molecule has 1 aromatic rings. The molecule has 0 aliphatic heterocycles.